The third kappa shape index (κ3) is 4.98. The van der Waals surface area contributed by atoms with Crippen LogP contribution >= 0.6 is 11.6 Å². The minimum absolute atomic E-state index is 0.0950. The highest BCUT2D eigenvalue weighted by molar-refractivity contribution is 7.90. The van der Waals surface area contributed by atoms with E-state index in [1.165, 1.54) is 11.8 Å². The molecule has 0 amide bonds. The highest BCUT2D eigenvalue weighted by atomic mass is 35.5. The second-order valence-electron chi connectivity index (χ2n) is 4.31. The van der Waals surface area contributed by atoms with Crippen LogP contribution in [0.1, 0.15) is 12.5 Å². The lowest BCUT2D eigenvalue weighted by molar-refractivity contribution is -0.142. The molecule has 0 fully saturated rings. The van der Waals surface area contributed by atoms with Crippen molar-refractivity contribution < 1.29 is 22.3 Å². The van der Waals surface area contributed by atoms with Gasteiger partial charge in [-0.15, -0.1) is 4.40 Å². The first kappa shape index (κ1) is 17.4. The fourth-order valence-electron chi connectivity index (χ4n) is 1.26. The highest BCUT2D eigenvalue weighted by Crippen LogP contribution is 2.26. The predicted octanol–water partition coefficient (Wildman–Crippen LogP) is 1.82. The summed E-state index contributed by atoms with van der Waals surface area (Å²) in [4.78, 5) is 11.7. The summed E-state index contributed by atoms with van der Waals surface area (Å²) < 4.78 is 45.7. The molecule has 0 aliphatic heterocycles. The van der Waals surface area contributed by atoms with Crippen molar-refractivity contribution in [3.63, 3.8) is 0 Å². The molecule has 0 spiro atoms. The van der Waals surface area contributed by atoms with E-state index in [4.69, 9.17) is 11.6 Å². The summed E-state index contributed by atoms with van der Waals surface area (Å²) in [6.45, 7) is 0.794. The van der Waals surface area contributed by atoms with Crippen molar-refractivity contribution in [2.24, 2.45) is 4.40 Å². The van der Waals surface area contributed by atoms with Crippen LogP contribution in [0, 0.1) is 5.82 Å². The third-order valence-corrected chi connectivity index (χ3v) is 3.79. The van der Waals surface area contributed by atoms with Crippen LogP contribution in [0.2, 0.25) is 5.02 Å². The first-order valence-electron chi connectivity index (χ1n) is 5.71. The van der Waals surface area contributed by atoms with Crippen LogP contribution in [0.25, 0.3) is 0 Å². The van der Waals surface area contributed by atoms with Crippen molar-refractivity contribution in [2.75, 3.05) is 14.1 Å². The Kier molecular flexibility index (Phi) is 5.68. The first-order valence-corrected chi connectivity index (χ1v) is 7.53. The molecule has 0 heterocycles. The number of carbonyl (C=O) groups excluding carboxylic acids is 1. The number of halogens is 2. The van der Waals surface area contributed by atoms with Gasteiger partial charge in [0.1, 0.15) is 18.8 Å². The van der Waals surface area contributed by atoms with Crippen molar-refractivity contribution in [1.29, 1.82) is 0 Å². The van der Waals surface area contributed by atoms with Crippen LogP contribution in [0.15, 0.2) is 21.4 Å². The molecule has 116 valence electrons. The minimum atomic E-state index is -4.05. The second-order valence-corrected chi connectivity index (χ2v) is 6.34. The second kappa shape index (κ2) is 6.86. The number of carbonyl (C=O) groups is 1. The van der Waals surface area contributed by atoms with Crippen molar-refractivity contribution in [3.8, 4) is 0 Å². The van der Waals surface area contributed by atoms with E-state index in [1.807, 2.05) is 0 Å². The SMILES string of the molecule is CC(=O)OCc1c(F)cc(S(=O)(=O)/N=C/N(C)C)cc1Cl. The van der Waals surface area contributed by atoms with Gasteiger partial charge in [-0.3, -0.25) is 4.79 Å². The van der Waals surface area contributed by atoms with E-state index in [0.717, 1.165) is 18.5 Å². The lowest BCUT2D eigenvalue weighted by atomic mass is 10.2. The molecule has 0 aromatic heterocycles. The van der Waals surface area contributed by atoms with E-state index in [9.17, 15) is 17.6 Å². The zero-order valence-electron chi connectivity index (χ0n) is 11.6. The Morgan fingerprint density at radius 2 is 2.10 bits per heavy atom. The van der Waals surface area contributed by atoms with Gasteiger partial charge in [-0.05, 0) is 12.1 Å². The maximum Gasteiger partial charge on any atom is 0.302 e. The van der Waals surface area contributed by atoms with Gasteiger partial charge >= 0.3 is 5.97 Å². The maximum atomic E-state index is 13.9. The fourth-order valence-corrected chi connectivity index (χ4v) is 2.54. The molecular weight excluding hydrogens is 323 g/mol. The molecule has 1 rings (SSSR count). The number of nitrogens with zero attached hydrogens (tertiary/aromatic N) is 2. The standard InChI is InChI=1S/C12H14ClFN2O4S/c1-8(17)20-6-10-11(13)4-9(5-12(10)14)21(18,19)15-7-16(2)3/h4-5,7H,6H2,1-3H3/b15-7+. The Morgan fingerprint density at radius 3 is 2.57 bits per heavy atom. The van der Waals surface area contributed by atoms with Gasteiger partial charge in [0, 0.05) is 26.6 Å². The molecular formula is C12H14ClFN2O4S. The minimum Gasteiger partial charge on any atom is -0.461 e. The van der Waals surface area contributed by atoms with E-state index in [1.54, 1.807) is 14.1 Å². The first-order chi connectivity index (χ1) is 9.63. The van der Waals surface area contributed by atoms with Crippen molar-refractivity contribution in [1.82, 2.24) is 4.90 Å². The van der Waals surface area contributed by atoms with E-state index >= 15 is 0 Å². The van der Waals surface area contributed by atoms with Crippen LogP contribution in [-0.4, -0.2) is 39.7 Å². The molecule has 9 heteroatoms. The highest BCUT2D eigenvalue weighted by Gasteiger charge is 2.18. The Balaban J connectivity index is 3.16. The molecule has 1 aromatic carbocycles. The Labute approximate surface area is 127 Å². The van der Waals surface area contributed by atoms with E-state index in [2.05, 4.69) is 9.13 Å². The number of hydrogen-bond acceptors (Lipinski definition) is 4. The van der Waals surface area contributed by atoms with E-state index in [-0.39, 0.29) is 22.1 Å². The number of sulfonamides is 1. The molecule has 0 aliphatic carbocycles. The molecule has 0 saturated carbocycles. The number of esters is 1. The summed E-state index contributed by atoms with van der Waals surface area (Å²) in [5, 5.41) is -0.158. The Hall–Kier alpha value is -1.67. The number of ether oxygens (including phenoxy) is 1. The molecule has 0 aliphatic rings. The monoisotopic (exact) mass is 336 g/mol. The van der Waals surface area contributed by atoms with Gasteiger partial charge in [0.05, 0.1) is 9.92 Å². The van der Waals surface area contributed by atoms with Crippen molar-refractivity contribution in [2.45, 2.75) is 18.4 Å². The fraction of sp³-hybridized carbons (Fsp3) is 0.333. The zero-order valence-corrected chi connectivity index (χ0v) is 13.2. The predicted molar refractivity (Wildman–Crippen MR) is 76.2 cm³/mol. The zero-order chi connectivity index (χ0) is 16.2. The summed E-state index contributed by atoms with van der Waals surface area (Å²) in [5.41, 5.74) is -0.0950. The van der Waals surface area contributed by atoms with Gasteiger partial charge in [-0.25, -0.2) is 4.39 Å². The van der Waals surface area contributed by atoms with Gasteiger partial charge < -0.3 is 9.64 Å². The molecule has 0 N–H and O–H groups in total. The third-order valence-electron chi connectivity index (χ3n) is 2.25. The van der Waals surface area contributed by atoms with E-state index < -0.39 is 21.8 Å². The molecule has 0 saturated heterocycles. The van der Waals surface area contributed by atoms with Crippen LogP contribution in [0.4, 0.5) is 4.39 Å². The van der Waals surface area contributed by atoms with Gasteiger partial charge in [0.25, 0.3) is 10.0 Å². The van der Waals surface area contributed by atoms with Gasteiger partial charge in [0.2, 0.25) is 0 Å². The molecule has 0 radical (unpaired) electrons. The van der Waals surface area contributed by atoms with Crippen LogP contribution in [0.3, 0.4) is 0 Å². The lowest BCUT2D eigenvalue weighted by Gasteiger charge is -2.09. The van der Waals surface area contributed by atoms with E-state index in [0.29, 0.717) is 0 Å². The molecule has 1 aromatic rings. The summed E-state index contributed by atoms with van der Waals surface area (Å²) in [5.74, 6) is -1.49. The molecule has 0 atom stereocenters. The Bertz CT molecular complexity index is 651. The quantitative estimate of drug-likeness (QED) is 0.466. The van der Waals surface area contributed by atoms with Crippen molar-refractivity contribution in [3.05, 3.63) is 28.5 Å². The average molecular weight is 337 g/mol. The lowest BCUT2D eigenvalue weighted by Crippen LogP contribution is -2.10. The summed E-state index contributed by atoms with van der Waals surface area (Å²) >= 11 is 5.83. The number of hydrogen-bond donors (Lipinski definition) is 0. The van der Waals surface area contributed by atoms with Crippen LogP contribution in [0.5, 0.6) is 0 Å². The average Bonchev–Trinajstić information content (AvgIpc) is 2.35. The number of benzene rings is 1. The summed E-state index contributed by atoms with van der Waals surface area (Å²) in [6.07, 6.45) is 1.08. The van der Waals surface area contributed by atoms with Crippen LogP contribution < -0.4 is 0 Å². The van der Waals surface area contributed by atoms with Gasteiger partial charge in [-0.1, -0.05) is 11.6 Å². The van der Waals surface area contributed by atoms with Gasteiger partial charge in [-0.2, -0.15) is 8.42 Å². The number of rotatable bonds is 5. The normalized spacial score (nSPS) is 11.7. The maximum absolute atomic E-state index is 13.9. The topological polar surface area (TPSA) is 76.0 Å². The smallest absolute Gasteiger partial charge is 0.302 e. The summed E-state index contributed by atoms with van der Waals surface area (Å²) in [6, 6.07) is 1.85. The largest absolute Gasteiger partial charge is 0.461 e. The molecule has 21 heavy (non-hydrogen) atoms. The summed E-state index contributed by atoms with van der Waals surface area (Å²) in [7, 11) is -0.869. The molecule has 6 nitrogen and oxygen atoms in total. The van der Waals surface area contributed by atoms with Crippen molar-refractivity contribution >= 4 is 33.9 Å². The Morgan fingerprint density at radius 1 is 1.48 bits per heavy atom. The molecule has 0 unspecified atom stereocenters. The van der Waals surface area contributed by atoms with Gasteiger partial charge in [0.15, 0.2) is 0 Å². The molecule has 0 bridgehead atoms. The van der Waals surface area contributed by atoms with Crippen LogP contribution in [-0.2, 0) is 26.2 Å².